The molecule has 0 aliphatic heterocycles. The number of hydrogen-bond donors (Lipinski definition) is 4. The van der Waals surface area contributed by atoms with Crippen molar-refractivity contribution in [2.24, 2.45) is 0 Å². The van der Waals surface area contributed by atoms with E-state index in [0.717, 1.165) is 0 Å². The van der Waals surface area contributed by atoms with E-state index in [-0.39, 0.29) is 0 Å². The van der Waals surface area contributed by atoms with Crippen molar-refractivity contribution in [1.82, 2.24) is 0 Å². The first kappa shape index (κ1) is 37.3. The fourth-order valence-corrected chi connectivity index (χ4v) is 3.71. The van der Waals surface area contributed by atoms with E-state index in [9.17, 15) is 4.79 Å². The molecule has 0 atom stereocenters. The van der Waals surface area contributed by atoms with Gasteiger partial charge in [0.2, 0.25) is 0 Å². The Morgan fingerprint density at radius 1 is 0.312 bits per heavy atom. The molecule has 0 fully saturated rings. The van der Waals surface area contributed by atoms with Crippen LogP contribution in [0.25, 0.3) is 22.3 Å². The molecule has 48 heavy (non-hydrogen) atoms. The van der Waals surface area contributed by atoms with Crippen LogP contribution < -0.4 is 9.47 Å². The number of carboxylic acid groups (broad SMARTS) is 4. The van der Waals surface area contributed by atoms with Crippen LogP contribution in [-0.4, -0.2) is 38.9 Å². The number of rotatable bonds is 4. The molecule has 6 aromatic carbocycles. The summed E-state index contributed by atoms with van der Waals surface area (Å²) in [6.07, 6.45) is -4.41. The summed E-state index contributed by atoms with van der Waals surface area (Å²) >= 11 is 0. The second-order valence-corrected chi connectivity index (χ2v) is 9.11. The van der Waals surface area contributed by atoms with Crippen molar-refractivity contribution in [1.29, 1.82) is 0 Å². The first-order valence-corrected chi connectivity index (χ1v) is 14.3. The van der Waals surface area contributed by atoms with Crippen molar-refractivity contribution >= 4 is 18.5 Å². The molecule has 0 heterocycles. The molecule has 9 heteroatoms. The number of carbonyl (C=O) groups is 3. The topological polar surface area (TPSA) is 151 Å². The zero-order valence-electron chi connectivity index (χ0n) is 25.7. The summed E-state index contributed by atoms with van der Waals surface area (Å²) in [6.45, 7) is 0. The molecule has 0 radical (unpaired) electrons. The Hall–Kier alpha value is -6.87. The van der Waals surface area contributed by atoms with Crippen molar-refractivity contribution in [3.8, 4) is 33.8 Å². The molecule has 0 amide bonds. The van der Waals surface area contributed by atoms with Crippen molar-refractivity contribution in [2.75, 3.05) is 0 Å². The van der Waals surface area contributed by atoms with Gasteiger partial charge in [-0.2, -0.15) is 0 Å². The SMILES string of the molecule is O=C(O)O.O=C(O)O.O=C(Oc1ccccc1)Oc1ccccc1.c1ccc(-c2ccccc2)cc1.c1ccc(-c2ccccc2)cc1. The third kappa shape index (κ3) is 17.4. The van der Waals surface area contributed by atoms with Crippen LogP contribution in [0, 0.1) is 0 Å². The van der Waals surface area contributed by atoms with Crippen molar-refractivity contribution in [3.63, 3.8) is 0 Å². The van der Waals surface area contributed by atoms with Crippen LogP contribution >= 0.6 is 0 Å². The van der Waals surface area contributed by atoms with E-state index in [4.69, 9.17) is 39.5 Å². The molecule has 244 valence electrons. The van der Waals surface area contributed by atoms with Crippen molar-refractivity contribution in [3.05, 3.63) is 182 Å². The Morgan fingerprint density at radius 2 is 0.479 bits per heavy atom. The molecule has 6 rings (SSSR count). The van der Waals surface area contributed by atoms with Gasteiger partial charge >= 0.3 is 18.5 Å². The average Bonchev–Trinajstić information content (AvgIpc) is 3.11. The Kier molecular flexibility index (Phi) is 17.6. The smallest absolute Gasteiger partial charge is 0.450 e. The van der Waals surface area contributed by atoms with Gasteiger partial charge in [0, 0.05) is 0 Å². The van der Waals surface area contributed by atoms with Crippen LogP contribution in [0.15, 0.2) is 182 Å². The van der Waals surface area contributed by atoms with Gasteiger partial charge in [0.15, 0.2) is 0 Å². The fourth-order valence-electron chi connectivity index (χ4n) is 3.71. The maximum absolute atomic E-state index is 11.3. The summed E-state index contributed by atoms with van der Waals surface area (Å²) in [5, 5.41) is 27.9. The van der Waals surface area contributed by atoms with Crippen LogP contribution in [0.5, 0.6) is 11.5 Å². The van der Waals surface area contributed by atoms with Gasteiger partial charge in [0.1, 0.15) is 11.5 Å². The molecular formula is C39H34O9. The molecule has 4 N–H and O–H groups in total. The summed E-state index contributed by atoms with van der Waals surface area (Å²) in [5.41, 5.74) is 5.10. The lowest BCUT2D eigenvalue weighted by Gasteiger charge is -2.04. The number of carbonyl (C=O) groups excluding carboxylic acids is 1. The highest BCUT2D eigenvalue weighted by Gasteiger charge is 2.06. The maximum atomic E-state index is 11.3. The summed E-state index contributed by atoms with van der Waals surface area (Å²) in [7, 11) is 0. The number of ether oxygens (including phenoxy) is 2. The van der Waals surface area contributed by atoms with E-state index in [1.807, 2.05) is 36.4 Å². The molecule has 0 aliphatic carbocycles. The number of benzene rings is 6. The Bertz CT molecular complexity index is 1500. The second-order valence-electron chi connectivity index (χ2n) is 9.11. The number of hydrogen-bond acceptors (Lipinski definition) is 5. The van der Waals surface area contributed by atoms with E-state index in [0.29, 0.717) is 11.5 Å². The predicted octanol–water partition coefficient (Wildman–Crippen LogP) is 10.4. The first-order chi connectivity index (χ1) is 23.2. The quantitative estimate of drug-likeness (QED) is 0.108. The summed E-state index contributed by atoms with van der Waals surface area (Å²) in [5.74, 6) is 0.923. The third-order valence-corrected chi connectivity index (χ3v) is 5.65. The van der Waals surface area contributed by atoms with Gasteiger partial charge in [0.05, 0.1) is 0 Å². The van der Waals surface area contributed by atoms with Crippen LogP contribution in [0.2, 0.25) is 0 Å². The summed E-state index contributed by atoms with van der Waals surface area (Å²) < 4.78 is 9.91. The van der Waals surface area contributed by atoms with E-state index >= 15 is 0 Å². The standard InChI is InChI=1S/C13H10O3.2C12H10.2CH2O3/c14-13(15-11-7-3-1-4-8-11)16-12-9-5-2-6-10-12;2*1-3-7-11(8-4-1)12-9-5-2-6-10-12;2*2-1(3)4/h1-10H;2*1-10H;2*(H2,2,3,4). The minimum Gasteiger partial charge on any atom is -0.450 e. The third-order valence-electron chi connectivity index (χ3n) is 5.65. The fraction of sp³-hybridized carbons (Fsp3) is 0. The molecule has 0 aromatic heterocycles. The lowest BCUT2D eigenvalue weighted by Crippen LogP contribution is -2.13. The van der Waals surface area contributed by atoms with E-state index in [2.05, 4.69) is 97.1 Å². The van der Waals surface area contributed by atoms with Crippen LogP contribution in [0.4, 0.5) is 14.4 Å². The van der Waals surface area contributed by atoms with E-state index in [1.165, 1.54) is 22.3 Å². The highest BCUT2D eigenvalue weighted by molar-refractivity contribution is 5.67. The highest BCUT2D eigenvalue weighted by Crippen LogP contribution is 2.18. The Balaban J connectivity index is 0.000000227. The molecule has 6 aromatic rings. The average molecular weight is 647 g/mol. The van der Waals surface area contributed by atoms with Gasteiger partial charge in [-0.15, -0.1) is 0 Å². The second kappa shape index (κ2) is 22.6. The molecule has 0 bridgehead atoms. The Morgan fingerprint density at radius 3 is 0.667 bits per heavy atom. The molecule has 0 spiro atoms. The first-order valence-electron chi connectivity index (χ1n) is 14.3. The van der Waals surface area contributed by atoms with Gasteiger partial charge in [-0.25, -0.2) is 14.4 Å². The predicted molar refractivity (Wildman–Crippen MR) is 185 cm³/mol. The molecule has 0 unspecified atom stereocenters. The van der Waals surface area contributed by atoms with Crippen LogP contribution in [-0.2, 0) is 0 Å². The van der Waals surface area contributed by atoms with Gasteiger partial charge in [-0.1, -0.05) is 158 Å². The molecule has 0 saturated carbocycles. The normalized spacial score (nSPS) is 9.00. The zero-order valence-corrected chi connectivity index (χ0v) is 25.7. The monoisotopic (exact) mass is 646 g/mol. The lowest BCUT2D eigenvalue weighted by molar-refractivity contribution is 0.135. The highest BCUT2D eigenvalue weighted by atomic mass is 16.7. The summed E-state index contributed by atoms with van der Waals surface area (Å²) in [4.78, 5) is 28.4. The molecule has 0 aliphatic rings. The van der Waals surface area contributed by atoms with Crippen LogP contribution in [0.1, 0.15) is 0 Å². The molecular weight excluding hydrogens is 612 g/mol. The number of para-hydroxylation sites is 2. The van der Waals surface area contributed by atoms with E-state index < -0.39 is 18.5 Å². The largest absolute Gasteiger partial charge is 0.519 e. The van der Waals surface area contributed by atoms with E-state index in [1.54, 1.807) is 48.5 Å². The maximum Gasteiger partial charge on any atom is 0.519 e. The summed E-state index contributed by atoms with van der Waals surface area (Å²) in [6, 6.07) is 59.1. The van der Waals surface area contributed by atoms with Crippen LogP contribution in [0.3, 0.4) is 0 Å². The lowest BCUT2D eigenvalue weighted by atomic mass is 10.1. The molecule has 0 saturated heterocycles. The minimum absolute atomic E-state index is 0.462. The minimum atomic E-state index is -1.83. The Labute approximate surface area is 278 Å². The molecule has 9 nitrogen and oxygen atoms in total. The van der Waals surface area contributed by atoms with Gasteiger partial charge in [-0.05, 0) is 46.5 Å². The van der Waals surface area contributed by atoms with Gasteiger partial charge in [-0.3, -0.25) is 0 Å². The van der Waals surface area contributed by atoms with Gasteiger partial charge < -0.3 is 29.9 Å². The van der Waals surface area contributed by atoms with Crippen molar-refractivity contribution < 1.29 is 44.3 Å². The van der Waals surface area contributed by atoms with Crippen molar-refractivity contribution in [2.45, 2.75) is 0 Å². The van der Waals surface area contributed by atoms with Gasteiger partial charge in [0.25, 0.3) is 0 Å². The zero-order chi connectivity index (χ0) is 34.8.